The molecule has 4 aromatic carbocycles. The van der Waals surface area contributed by atoms with Crippen LogP contribution in [0, 0.1) is 10.1 Å². The van der Waals surface area contributed by atoms with Crippen molar-refractivity contribution in [2.24, 2.45) is 0 Å². The number of hydrogen-bond acceptors (Lipinski definition) is 7. The molecule has 0 saturated carbocycles. The molecule has 0 atom stereocenters. The molecule has 3 N–H and O–H groups in total. The van der Waals surface area contributed by atoms with E-state index in [2.05, 4.69) is 89.7 Å². The van der Waals surface area contributed by atoms with Gasteiger partial charge < -0.3 is 19.8 Å². The molecule has 0 unspecified atom stereocenters. The van der Waals surface area contributed by atoms with Gasteiger partial charge in [0.2, 0.25) is 0 Å². The first-order valence-electron chi connectivity index (χ1n) is 20.8. The van der Waals surface area contributed by atoms with E-state index in [0.717, 1.165) is 116 Å². The summed E-state index contributed by atoms with van der Waals surface area (Å²) in [4.78, 5) is 42.5. The van der Waals surface area contributed by atoms with Gasteiger partial charge in [0.1, 0.15) is 12.4 Å². The lowest BCUT2D eigenvalue weighted by Crippen LogP contribution is -2.06. The summed E-state index contributed by atoms with van der Waals surface area (Å²) >= 11 is 0. The summed E-state index contributed by atoms with van der Waals surface area (Å²) in [5.74, 6) is -0.815. The number of nitrogens with zero attached hydrogens (tertiary/aromatic N) is 3. The van der Waals surface area contributed by atoms with Gasteiger partial charge in [-0.25, -0.2) is 14.8 Å². The summed E-state index contributed by atoms with van der Waals surface area (Å²) in [6, 6.07) is 39.8. The zero-order valence-electron chi connectivity index (χ0n) is 34.1. The molecule has 10 heteroatoms. The zero-order valence-corrected chi connectivity index (χ0v) is 34.1. The Balaban J connectivity index is 1.24. The lowest BCUT2D eigenvalue weighted by Gasteiger charge is -2.08. The number of aromatic nitrogens is 4. The Kier molecular flexibility index (Phi) is 11.1. The molecule has 0 aliphatic carbocycles. The molecule has 10 nitrogen and oxygen atoms in total. The maximum atomic E-state index is 13.3. The van der Waals surface area contributed by atoms with Crippen LogP contribution in [0.5, 0.6) is 5.75 Å². The molecule has 5 heterocycles. The average molecular weight is 818 g/mol. The normalized spacial score (nSPS) is 11.8. The van der Waals surface area contributed by atoms with Crippen LogP contribution in [0.25, 0.3) is 79.8 Å². The third kappa shape index (κ3) is 8.05. The first-order valence-corrected chi connectivity index (χ1v) is 20.8. The predicted octanol–water partition coefficient (Wildman–Crippen LogP) is 12.8. The third-order valence-corrected chi connectivity index (χ3v) is 11.3. The number of benzene rings is 4. The Morgan fingerprint density at radius 2 is 1.15 bits per heavy atom. The lowest BCUT2D eigenvalue weighted by atomic mass is 10.0. The Morgan fingerprint density at radius 1 is 0.629 bits per heavy atom. The van der Waals surface area contributed by atoms with Gasteiger partial charge in [-0.3, -0.25) is 10.1 Å². The number of fused-ring (bicyclic) bond motifs is 8. The number of phenols is 1. The number of aromatic hydroxyl groups is 1. The number of ether oxygens (including phenoxy) is 1. The van der Waals surface area contributed by atoms with Crippen LogP contribution in [0.1, 0.15) is 76.9 Å². The number of aryl methyl sites for hydroxylation is 1. The van der Waals surface area contributed by atoms with Crippen molar-refractivity contribution in [3.05, 3.63) is 177 Å². The van der Waals surface area contributed by atoms with Crippen molar-refractivity contribution >= 4 is 58.0 Å². The van der Waals surface area contributed by atoms with E-state index in [0.29, 0.717) is 0 Å². The number of carbonyl (C=O) groups is 1. The number of unbranched alkanes of at least 4 members (excludes halogenated alkanes) is 3. The number of aromatic amines is 2. The number of H-pyrrole nitrogens is 2. The van der Waals surface area contributed by atoms with Crippen LogP contribution >= 0.6 is 0 Å². The van der Waals surface area contributed by atoms with Crippen LogP contribution in [-0.4, -0.2) is 35.9 Å². The van der Waals surface area contributed by atoms with E-state index in [-0.39, 0.29) is 29.2 Å². The number of esters is 1. The summed E-state index contributed by atoms with van der Waals surface area (Å²) in [6.45, 7) is 1.84. The number of nitrogens with one attached hydrogen (secondary N) is 2. The van der Waals surface area contributed by atoms with Crippen LogP contribution in [-0.2, 0) is 17.8 Å². The molecule has 0 amide bonds. The fraction of sp³-hybridized carbons (Fsp3) is 0.135. The second-order valence-corrected chi connectivity index (χ2v) is 15.4. The van der Waals surface area contributed by atoms with E-state index >= 15 is 0 Å². The van der Waals surface area contributed by atoms with E-state index in [1.807, 2.05) is 48.6 Å². The van der Waals surface area contributed by atoms with Crippen molar-refractivity contribution in [1.82, 2.24) is 19.9 Å². The minimum Gasteiger partial charge on any atom is -0.508 e. The molecule has 8 bridgehead atoms. The largest absolute Gasteiger partial charge is 0.508 e. The second kappa shape index (κ2) is 17.4. The van der Waals surface area contributed by atoms with Crippen molar-refractivity contribution in [3.63, 3.8) is 0 Å². The molecule has 0 saturated heterocycles. The van der Waals surface area contributed by atoms with Crippen LogP contribution in [0.3, 0.4) is 0 Å². The fourth-order valence-corrected chi connectivity index (χ4v) is 8.24. The molecule has 62 heavy (non-hydrogen) atoms. The third-order valence-electron chi connectivity index (χ3n) is 11.3. The summed E-state index contributed by atoms with van der Waals surface area (Å²) < 4.78 is 5.50. The molecule has 7 aromatic rings. The SMILES string of the molecule is CCCCCCc1c2nc(c(-c3ccccc3)c3ccc([nH]3)c(-c3ccccc3)c3nc(c(-c4ccc(C(=O)OCc5cc(O)ccc5[N+](=O)[O-])cc4)c4ccc1[nH]4)C=C3)C=C2. The van der Waals surface area contributed by atoms with Crippen molar-refractivity contribution < 1.29 is 19.6 Å². The number of hydrogen-bond donors (Lipinski definition) is 3. The molecular formula is C52H43N5O5. The van der Waals surface area contributed by atoms with Crippen LogP contribution in [0.4, 0.5) is 5.69 Å². The maximum Gasteiger partial charge on any atom is 0.338 e. The lowest BCUT2D eigenvalue weighted by molar-refractivity contribution is -0.385. The van der Waals surface area contributed by atoms with Gasteiger partial charge >= 0.3 is 5.97 Å². The number of phenolic OH excluding ortho intramolecular Hbond substituents is 1. The standard InChI is InChI=1S/C52H43N5O5/c1-2-3-4-11-16-39-40-22-24-42(53-40)49(33-12-7-5-8-13-33)44-26-27-45(55-44)50(34-14-9-6-10-15-34)46-28-29-47(56-46)51(43-25-23-41(39)54-43)35-17-19-36(20-18-35)52(59)62-32-37-31-38(58)21-30-48(37)57(60)61/h5-10,12-15,17-31,54-55,58H,2-4,11,16,32H2,1H3. The van der Waals surface area contributed by atoms with Crippen molar-refractivity contribution in [2.75, 3.05) is 0 Å². The highest BCUT2D eigenvalue weighted by atomic mass is 16.6. The van der Waals surface area contributed by atoms with Crippen molar-refractivity contribution in [2.45, 2.75) is 45.6 Å². The first kappa shape index (κ1) is 39.6. The number of carbonyl (C=O) groups excluding carboxylic acids is 1. The molecule has 306 valence electrons. The van der Waals surface area contributed by atoms with E-state index in [1.165, 1.54) is 18.2 Å². The van der Waals surface area contributed by atoms with Gasteiger partial charge in [0, 0.05) is 50.4 Å². The highest BCUT2D eigenvalue weighted by Gasteiger charge is 2.20. The summed E-state index contributed by atoms with van der Waals surface area (Å²) in [5, 5.41) is 21.5. The molecule has 9 rings (SSSR count). The first-order chi connectivity index (χ1) is 30.3. The predicted molar refractivity (Wildman–Crippen MR) is 247 cm³/mol. The Bertz CT molecular complexity index is 3060. The van der Waals surface area contributed by atoms with E-state index in [4.69, 9.17) is 14.7 Å². The zero-order chi connectivity index (χ0) is 42.6. The van der Waals surface area contributed by atoms with Gasteiger partial charge in [-0.2, -0.15) is 0 Å². The molecule has 2 aliphatic rings. The Hall–Kier alpha value is -7.85. The quantitative estimate of drug-likeness (QED) is 0.0481. The van der Waals surface area contributed by atoms with Crippen molar-refractivity contribution in [1.29, 1.82) is 0 Å². The topological polar surface area (TPSA) is 147 Å². The van der Waals surface area contributed by atoms with E-state index in [1.54, 1.807) is 12.1 Å². The minimum atomic E-state index is -0.656. The van der Waals surface area contributed by atoms with Gasteiger partial charge in [0.25, 0.3) is 5.69 Å². The maximum absolute atomic E-state index is 13.3. The highest BCUT2D eigenvalue weighted by Crippen LogP contribution is 2.37. The molecular weight excluding hydrogens is 775 g/mol. The molecule has 2 aliphatic heterocycles. The summed E-state index contributed by atoms with van der Waals surface area (Å²) in [7, 11) is 0. The smallest absolute Gasteiger partial charge is 0.338 e. The van der Waals surface area contributed by atoms with Crippen LogP contribution in [0.2, 0.25) is 0 Å². The van der Waals surface area contributed by atoms with Crippen LogP contribution in [0.15, 0.2) is 127 Å². The van der Waals surface area contributed by atoms with Gasteiger partial charge in [-0.1, -0.05) is 99.0 Å². The van der Waals surface area contributed by atoms with E-state index in [9.17, 15) is 20.0 Å². The highest BCUT2D eigenvalue weighted by molar-refractivity contribution is 5.98. The fourth-order valence-electron chi connectivity index (χ4n) is 8.24. The Labute approximate surface area is 358 Å². The van der Waals surface area contributed by atoms with E-state index < -0.39 is 10.9 Å². The molecule has 3 aromatic heterocycles. The number of nitro benzene ring substituents is 1. The second-order valence-electron chi connectivity index (χ2n) is 15.4. The van der Waals surface area contributed by atoms with Gasteiger partial charge in [-0.05, 0) is 102 Å². The summed E-state index contributed by atoms with van der Waals surface area (Å²) in [6.07, 6.45) is 13.6. The summed E-state index contributed by atoms with van der Waals surface area (Å²) in [5.41, 5.74) is 13.9. The average Bonchev–Trinajstić information content (AvgIpc) is 4.14. The van der Waals surface area contributed by atoms with Crippen molar-refractivity contribution in [3.8, 4) is 39.1 Å². The number of rotatable bonds is 12. The van der Waals surface area contributed by atoms with Gasteiger partial charge in [0.15, 0.2) is 0 Å². The monoisotopic (exact) mass is 817 g/mol. The molecule has 0 fully saturated rings. The Morgan fingerprint density at radius 3 is 1.71 bits per heavy atom. The van der Waals surface area contributed by atoms with Gasteiger partial charge in [-0.15, -0.1) is 0 Å². The van der Waals surface area contributed by atoms with Gasteiger partial charge in [0.05, 0.1) is 38.8 Å². The number of nitro groups is 1. The molecule has 0 spiro atoms. The minimum absolute atomic E-state index is 0.0916. The van der Waals surface area contributed by atoms with Crippen LogP contribution < -0.4 is 0 Å². The molecule has 0 radical (unpaired) electrons.